The van der Waals surface area contributed by atoms with Crippen molar-refractivity contribution in [3.8, 4) is 11.4 Å². The van der Waals surface area contributed by atoms with Crippen LogP contribution in [0.2, 0.25) is 0 Å². The second-order valence-corrected chi connectivity index (χ2v) is 9.40. The van der Waals surface area contributed by atoms with Crippen molar-refractivity contribution in [1.82, 2.24) is 14.5 Å². The Morgan fingerprint density at radius 1 is 1.10 bits per heavy atom. The van der Waals surface area contributed by atoms with Crippen molar-refractivity contribution in [3.05, 3.63) is 77.4 Å². The number of nitrogens with zero attached hydrogens (tertiary/aromatic N) is 4. The summed E-state index contributed by atoms with van der Waals surface area (Å²) in [7, 11) is 1.70. The van der Waals surface area contributed by atoms with E-state index in [0.29, 0.717) is 5.25 Å². The van der Waals surface area contributed by atoms with Crippen molar-refractivity contribution in [2.45, 2.75) is 38.1 Å². The van der Waals surface area contributed by atoms with Crippen LogP contribution in [0.3, 0.4) is 0 Å². The molecule has 0 radical (unpaired) electrons. The van der Waals surface area contributed by atoms with Crippen LogP contribution in [-0.4, -0.2) is 38.5 Å². The largest absolute Gasteiger partial charge is 0.497 e. The summed E-state index contributed by atoms with van der Waals surface area (Å²) in [5.41, 5.74) is 5.99. The lowest BCUT2D eigenvalue weighted by atomic mass is 9.96. The average molecular weight is 419 g/mol. The molecule has 0 N–H and O–H groups in total. The number of amidine groups is 1. The molecule has 5 nitrogen and oxygen atoms in total. The molecule has 3 aromatic rings. The minimum atomic E-state index is 0.0195. The topological polar surface area (TPSA) is 42.6 Å². The van der Waals surface area contributed by atoms with E-state index in [4.69, 9.17) is 9.73 Å². The first-order valence-corrected chi connectivity index (χ1v) is 11.2. The summed E-state index contributed by atoms with van der Waals surface area (Å²) >= 11 is 1.88. The van der Waals surface area contributed by atoms with E-state index in [9.17, 15) is 0 Å². The predicted molar refractivity (Wildman–Crippen MR) is 123 cm³/mol. The third-order valence-corrected chi connectivity index (χ3v) is 7.10. The number of fused-ring (bicyclic) bond motifs is 1. The molecule has 154 valence electrons. The van der Waals surface area contributed by atoms with Crippen molar-refractivity contribution in [3.63, 3.8) is 0 Å². The van der Waals surface area contributed by atoms with Crippen LogP contribution >= 0.6 is 11.8 Å². The Labute approximate surface area is 181 Å². The van der Waals surface area contributed by atoms with Crippen LogP contribution in [-0.2, 0) is 0 Å². The number of benzene rings is 1. The predicted octanol–water partition coefficient (Wildman–Crippen LogP) is 5.09. The molecule has 2 aromatic heterocycles. The van der Waals surface area contributed by atoms with Gasteiger partial charge < -0.3 is 14.2 Å². The van der Waals surface area contributed by atoms with Crippen LogP contribution < -0.4 is 4.74 Å². The minimum Gasteiger partial charge on any atom is -0.497 e. The summed E-state index contributed by atoms with van der Waals surface area (Å²) < 4.78 is 7.66. The number of ether oxygens (including phenoxy) is 1. The number of aryl methyl sites for hydroxylation is 1. The van der Waals surface area contributed by atoms with Gasteiger partial charge in [-0.05, 0) is 61.9 Å². The van der Waals surface area contributed by atoms with Gasteiger partial charge in [0.1, 0.15) is 11.8 Å². The maximum absolute atomic E-state index is 5.33. The fraction of sp³-hybridized carbons (Fsp3) is 0.333. The number of rotatable bonds is 4. The van der Waals surface area contributed by atoms with Crippen LogP contribution in [0.4, 0.5) is 0 Å². The highest BCUT2D eigenvalue weighted by molar-refractivity contribution is 8.14. The maximum Gasteiger partial charge on any atom is 0.160 e. The summed E-state index contributed by atoms with van der Waals surface area (Å²) in [6.07, 6.45) is 1.87. The molecule has 3 atom stereocenters. The summed E-state index contributed by atoms with van der Waals surface area (Å²) in [4.78, 5) is 12.3. The summed E-state index contributed by atoms with van der Waals surface area (Å²) in [5.74, 6) is 0.869. The van der Waals surface area contributed by atoms with Gasteiger partial charge in [0.2, 0.25) is 0 Å². The Bertz CT molecular complexity index is 1090. The zero-order valence-electron chi connectivity index (χ0n) is 17.7. The fourth-order valence-electron chi connectivity index (χ4n) is 4.67. The van der Waals surface area contributed by atoms with Crippen molar-refractivity contribution in [2.24, 2.45) is 4.99 Å². The molecule has 0 saturated carbocycles. The third-order valence-electron chi connectivity index (χ3n) is 6.00. The molecule has 1 aromatic carbocycles. The van der Waals surface area contributed by atoms with Gasteiger partial charge in [0, 0.05) is 35.1 Å². The van der Waals surface area contributed by atoms with Gasteiger partial charge in [0.15, 0.2) is 5.17 Å². The van der Waals surface area contributed by atoms with Gasteiger partial charge in [-0.1, -0.05) is 24.8 Å². The molecule has 0 aliphatic carbocycles. The van der Waals surface area contributed by atoms with E-state index in [1.54, 1.807) is 7.11 Å². The van der Waals surface area contributed by atoms with Crippen molar-refractivity contribution in [1.29, 1.82) is 0 Å². The first kappa shape index (κ1) is 19.2. The molecule has 6 heteroatoms. The molecule has 2 aliphatic rings. The molecule has 0 bridgehead atoms. The molecule has 0 spiro atoms. The first-order valence-electron chi connectivity index (χ1n) is 10.3. The molecule has 0 unspecified atom stereocenters. The number of aliphatic imine (C=N–C) groups is 1. The molecule has 5 rings (SSSR count). The van der Waals surface area contributed by atoms with E-state index in [-0.39, 0.29) is 12.1 Å². The fourth-order valence-corrected chi connectivity index (χ4v) is 5.76. The Morgan fingerprint density at radius 3 is 2.60 bits per heavy atom. The molecule has 1 fully saturated rings. The van der Waals surface area contributed by atoms with E-state index in [1.807, 2.05) is 36.2 Å². The number of thioether (sulfide) groups is 1. The smallest absolute Gasteiger partial charge is 0.160 e. The highest BCUT2D eigenvalue weighted by atomic mass is 32.2. The quantitative estimate of drug-likeness (QED) is 0.592. The van der Waals surface area contributed by atoms with Crippen LogP contribution in [0.1, 0.15) is 41.7 Å². The Balaban J connectivity index is 1.59. The highest BCUT2D eigenvalue weighted by Crippen LogP contribution is 2.48. The van der Waals surface area contributed by atoms with Crippen LogP contribution in [0, 0.1) is 13.8 Å². The van der Waals surface area contributed by atoms with Crippen LogP contribution in [0.5, 0.6) is 5.75 Å². The van der Waals surface area contributed by atoms with Gasteiger partial charge in [-0.25, -0.2) is 0 Å². The molecule has 30 heavy (non-hydrogen) atoms. The van der Waals surface area contributed by atoms with E-state index >= 15 is 0 Å². The normalized spacial score (nSPS) is 22.9. The lowest BCUT2D eigenvalue weighted by Crippen LogP contribution is -2.28. The van der Waals surface area contributed by atoms with E-state index in [0.717, 1.165) is 28.8 Å². The summed E-state index contributed by atoms with van der Waals surface area (Å²) in [6.45, 7) is 7.68. The van der Waals surface area contributed by atoms with Gasteiger partial charge in [-0.15, -0.1) is 0 Å². The number of hydrogen-bond acceptors (Lipinski definition) is 5. The van der Waals surface area contributed by atoms with Crippen molar-refractivity contribution < 1.29 is 4.74 Å². The molecular formula is C24H26N4OS. The lowest BCUT2D eigenvalue weighted by molar-refractivity contribution is 0.320. The maximum atomic E-state index is 5.33. The number of aromatic nitrogens is 2. The minimum absolute atomic E-state index is 0.0195. The summed E-state index contributed by atoms with van der Waals surface area (Å²) in [6, 6.07) is 16.9. The Hall–Kier alpha value is -2.73. The van der Waals surface area contributed by atoms with Crippen molar-refractivity contribution in [2.75, 3.05) is 13.7 Å². The van der Waals surface area contributed by atoms with Gasteiger partial charge >= 0.3 is 0 Å². The standard InChI is InChI=1S/C24H26N4OS/c1-15-13-20(17(3)28(15)18-8-10-19(29-4)11-9-18)23-22(21-7-5-6-12-25-21)26-24-27(23)14-16(2)30-24/h5-13,16,22-23H,14H2,1-4H3/t16-,22-,23+/m0/s1. The number of pyridine rings is 1. The van der Waals surface area contributed by atoms with Gasteiger partial charge in [0.05, 0.1) is 18.8 Å². The number of hydrogen-bond donors (Lipinski definition) is 0. The van der Waals surface area contributed by atoms with Crippen molar-refractivity contribution >= 4 is 16.9 Å². The zero-order valence-corrected chi connectivity index (χ0v) is 18.6. The van der Waals surface area contributed by atoms with E-state index < -0.39 is 0 Å². The van der Waals surface area contributed by atoms with E-state index in [1.165, 1.54) is 17.0 Å². The van der Waals surface area contributed by atoms with Gasteiger partial charge in [-0.3, -0.25) is 9.98 Å². The molecule has 2 aliphatic heterocycles. The monoisotopic (exact) mass is 418 g/mol. The number of methoxy groups -OCH3 is 1. The molecular weight excluding hydrogens is 392 g/mol. The second kappa shape index (κ2) is 7.51. The van der Waals surface area contributed by atoms with Crippen LogP contribution in [0.15, 0.2) is 59.7 Å². The SMILES string of the molecule is COc1ccc(-n2c(C)cc([C@@H]3[C@H](c4ccccn4)N=C4S[C@@H](C)CN43)c2C)cc1. The summed E-state index contributed by atoms with van der Waals surface area (Å²) in [5, 5.41) is 1.71. The average Bonchev–Trinajstić information content (AvgIpc) is 3.38. The lowest BCUT2D eigenvalue weighted by Gasteiger charge is -2.27. The molecule has 0 amide bonds. The van der Waals surface area contributed by atoms with Gasteiger partial charge in [0.25, 0.3) is 0 Å². The van der Waals surface area contributed by atoms with E-state index in [2.05, 4.69) is 65.6 Å². The van der Waals surface area contributed by atoms with Crippen LogP contribution in [0.25, 0.3) is 5.69 Å². The Morgan fingerprint density at radius 2 is 1.90 bits per heavy atom. The molecule has 4 heterocycles. The highest BCUT2D eigenvalue weighted by Gasteiger charge is 2.44. The Kier molecular flexibility index (Phi) is 4.82. The first-order chi connectivity index (χ1) is 14.6. The second-order valence-electron chi connectivity index (χ2n) is 8.00. The zero-order chi connectivity index (χ0) is 20.8. The third kappa shape index (κ3) is 3.10. The molecule has 1 saturated heterocycles. The van der Waals surface area contributed by atoms with Gasteiger partial charge in [-0.2, -0.15) is 0 Å².